The summed E-state index contributed by atoms with van der Waals surface area (Å²) in [5.41, 5.74) is 2.94. The Morgan fingerprint density at radius 2 is 1.30 bits per heavy atom. The lowest BCUT2D eigenvalue weighted by Gasteiger charge is -2.21. The molecule has 0 fully saturated rings. The highest BCUT2D eigenvalue weighted by Gasteiger charge is 2.21. The van der Waals surface area contributed by atoms with Gasteiger partial charge in [-0.25, -0.2) is 0 Å². The predicted octanol–water partition coefficient (Wildman–Crippen LogP) is 4.07. The average Bonchev–Trinajstić information content (AvgIpc) is 2.73. The van der Waals surface area contributed by atoms with Crippen LogP contribution in [0, 0.1) is 24.0 Å². The van der Waals surface area contributed by atoms with Crippen LogP contribution in [0.3, 0.4) is 0 Å². The van der Waals surface area contributed by atoms with E-state index >= 15 is 0 Å². The largest absolute Gasteiger partial charge is 0.328 e. The zero-order chi connectivity index (χ0) is 21.7. The molecule has 0 aliphatic heterocycles. The second-order valence-electron chi connectivity index (χ2n) is 6.97. The maximum Gasteiger partial charge on any atom is 0.269 e. The molecular weight excluding hydrogens is 382 g/mol. The number of hydrogen-bond acceptors (Lipinski definition) is 4. The van der Waals surface area contributed by atoms with E-state index in [0.717, 1.165) is 11.1 Å². The molecule has 7 nitrogen and oxygen atoms in total. The number of nitro benzene ring substituents is 1. The van der Waals surface area contributed by atoms with Crippen molar-refractivity contribution in [3.05, 3.63) is 111 Å². The number of amides is 2. The van der Waals surface area contributed by atoms with Crippen LogP contribution >= 0.6 is 0 Å². The van der Waals surface area contributed by atoms with Crippen molar-refractivity contribution in [1.29, 1.82) is 0 Å². The van der Waals surface area contributed by atoms with E-state index in [1.54, 1.807) is 42.5 Å². The van der Waals surface area contributed by atoms with E-state index < -0.39 is 22.9 Å². The Labute approximate surface area is 173 Å². The van der Waals surface area contributed by atoms with Gasteiger partial charge in [-0.1, -0.05) is 47.5 Å². The van der Waals surface area contributed by atoms with Gasteiger partial charge < -0.3 is 10.6 Å². The van der Waals surface area contributed by atoms with Crippen LogP contribution in [0.25, 0.3) is 0 Å². The molecule has 0 bridgehead atoms. The topological polar surface area (TPSA) is 101 Å². The SMILES string of the molecule is Cc1cccc(C(=O)NC(NC(=O)c2cccc(C)c2)c2cccc([N+](=O)[O-])c2)c1. The second kappa shape index (κ2) is 9.00. The quantitative estimate of drug-likeness (QED) is 0.368. The zero-order valence-electron chi connectivity index (χ0n) is 16.6. The summed E-state index contributed by atoms with van der Waals surface area (Å²) in [6.07, 6.45) is -0.953. The van der Waals surface area contributed by atoms with Crippen LogP contribution in [0.5, 0.6) is 0 Å². The first-order valence-electron chi connectivity index (χ1n) is 9.33. The minimum absolute atomic E-state index is 0.132. The summed E-state index contributed by atoms with van der Waals surface area (Å²) >= 11 is 0. The normalized spacial score (nSPS) is 10.5. The van der Waals surface area contributed by atoms with Gasteiger partial charge in [-0.15, -0.1) is 0 Å². The van der Waals surface area contributed by atoms with E-state index in [0.29, 0.717) is 16.7 Å². The zero-order valence-corrected chi connectivity index (χ0v) is 16.6. The Bertz CT molecular complexity index is 1050. The van der Waals surface area contributed by atoms with Gasteiger partial charge in [-0.05, 0) is 38.1 Å². The summed E-state index contributed by atoms with van der Waals surface area (Å²) in [6.45, 7) is 3.74. The van der Waals surface area contributed by atoms with E-state index in [-0.39, 0.29) is 5.69 Å². The number of aryl methyl sites for hydroxylation is 2. The molecule has 30 heavy (non-hydrogen) atoms. The number of carbonyl (C=O) groups is 2. The molecule has 0 aliphatic carbocycles. The van der Waals surface area contributed by atoms with Crippen molar-refractivity contribution in [2.45, 2.75) is 20.0 Å². The van der Waals surface area contributed by atoms with Crippen molar-refractivity contribution in [2.24, 2.45) is 0 Å². The van der Waals surface area contributed by atoms with Crippen molar-refractivity contribution < 1.29 is 14.5 Å². The lowest BCUT2D eigenvalue weighted by Crippen LogP contribution is -2.41. The first-order chi connectivity index (χ1) is 14.3. The lowest BCUT2D eigenvalue weighted by molar-refractivity contribution is -0.384. The van der Waals surface area contributed by atoms with Gasteiger partial charge in [0.25, 0.3) is 17.5 Å². The molecule has 0 heterocycles. The highest BCUT2D eigenvalue weighted by atomic mass is 16.6. The van der Waals surface area contributed by atoms with Crippen LogP contribution in [-0.2, 0) is 0 Å². The van der Waals surface area contributed by atoms with E-state index in [4.69, 9.17) is 0 Å². The Morgan fingerprint density at radius 3 is 1.77 bits per heavy atom. The highest BCUT2D eigenvalue weighted by Crippen LogP contribution is 2.19. The fraction of sp³-hybridized carbons (Fsp3) is 0.130. The first-order valence-corrected chi connectivity index (χ1v) is 9.33. The summed E-state index contributed by atoms with van der Waals surface area (Å²) in [7, 11) is 0. The number of nitro groups is 1. The molecule has 7 heteroatoms. The smallest absolute Gasteiger partial charge is 0.269 e. The Hall–Kier alpha value is -4.00. The van der Waals surface area contributed by atoms with Gasteiger partial charge in [0.2, 0.25) is 0 Å². The van der Waals surface area contributed by atoms with Gasteiger partial charge in [-0.2, -0.15) is 0 Å². The summed E-state index contributed by atoms with van der Waals surface area (Å²) in [5.74, 6) is -0.806. The molecule has 0 aliphatic rings. The number of carbonyl (C=O) groups excluding carboxylic acids is 2. The summed E-state index contributed by atoms with van der Waals surface area (Å²) in [6, 6.07) is 19.8. The van der Waals surface area contributed by atoms with Gasteiger partial charge in [0.15, 0.2) is 0 Å². The minimum Gasteiger partial charge on any atom is -0.328 e. The summed E-state index contributed by atoms with van der Waals surface area (Å²) in [4.78, 5) is 36.2. The second-order valence-corrected chi connectivity index (χ2v) is 6.97. The Balaban J connectivity index is 1.91. The monoisotopic (exact) mass is 403 g/mol. The molecule has 2 amide bonds. The molecule has 0 atom stereocenters. The van der Waals surface area contributed by atoms with E-state index in [9.17, 15) is 19.7 Å². The van der Waals surface area contributed by atoms with E-state index in [1.165, 1.54) is 18.2 Å². The molecule has 0 radical (unpaired) electrons. The molecule has 2 N–H and O–H groups in total. The average molecular weight is 403 g/mol. The van der Waals surface area contributed by atoms with E-state index in [2.05, 4.69) is 10.6 Å². The number of nitrogens with zero attached hydrogens (tertiary/aromatic N) is 1. The molecule has 0 saturated carbocycles. The van der Waals surface area contributed by atoms with Crippen molar-refractivity contribution in [3.63, 3.8) is 0 Å². The van der Waals surface area contributed by atoms with Gasteiger partial charge in [-0.3, -0.25) is 19.7 Å². The molecule has 3 aromatic carbocycles. The van der Waals surface area contributed by atoms with Crippen molar-refractivity contribution >= 4 is 17.5 Å². The molecule has 0 aromatic heterocycles. The number of nitrogens with one attached hydrogen (secondary N) is 2. The molecule has 0 spiro atoms. The van der Waals surface area contributed by atoms with Crippen molar-refractivity contribution in [3.8, 4) is 0 Å². The molecule has 3 aromatic rings. The maximum atomic E-state index is 12.8. The van der Waals surface area contributed by atoms with Crippen LogP contribution in [0.2, 0.25) is 0 Å². The van der Waals surface area contributed by atoms with Crippen molar-refractivity contribution in [2.75, 3.05) is 0 Å². The van der Waals surface area contributed by atoms with Crippen LogP contribution < -0.4 is 10.6 Å². The summed E-state index contributed by atoms with van der Waals surface area (Å²) < 4.78 is 0. The van der Waals surface area contributed by atoms with Gasteiger partial charge in [0, 0.05) is 28.8 Å². The van der Waals surface area contributed by atoms with Gasteiger partial charge in [0.1, 0.15) is 6.17 Å². The Kier molecular flexibility index (Phi) is 6.22. The summed E-state index contributed by atoms with van der Waals surface area (Å²) in [5, 5.41) is 16.7. The number of rotatable bonds is 6. The van der Waals surface area contributed by atoms with Crippen LogP contribution in [0.15, 0.2) is 72.8 Å². The molecule has 0 unspecified atom stereocenters. The van der Waals surface area contributed by atoms with Crippen molar-refractivity contribution in [1.82, 2.24) is 10.6 Å². The third-order valence-corrected chi connectivity index (χ3v) is 4.53. The standard InChI is InChI=1S/C23H21N3O4/c1-15-6-3-9-18(12-15)22(27)24-21(17-8-5-11-20(14-17)26(29)30)25-23(28)19-10-4-7-16(2)13-19/h3-14,21H,1-2H3,(H,24,27)(H,25,28). The fourth-order valence-corrected chi connectivity index (χ4v) is 3.02. The molecular formula is C23H21N3O4. The third kappa shape index (κ3) is 5.08. The first kappa shape index (κ1) is 20.7. The van der Waals surface area contributed by atoms with Crippen LogP contribution in [0.4, 0.5) is 5.69 Å². The molecule has 152 valence electrons. The number of non-ortho nitro benzene ring substituents is 1. The minimum atomic E-state index is -0.953. The number of benzene rings is 3. The maximum absolute atomic E-state index is 12.8. The van der Waals surface area contributed by atoms with Crippen LogP contribution in [-0.4, -0.2) is 16.7 Å². The van der Waals surface area contributed by atoms with E-state index in [1.807, 2.05) is 26.0 Å². The third-order valence-electron chi connectivity index (χ3n) is 4.53. The number of hydrogen-bond donors (Lipinski definition) is 2. The molecule has 3 rings (SSSR count). The van der Waals surface area contributed by atoms with Gasteiger partial charge in [0.05, 0.1) is 4.92 Å². The lowest BCUT2D eigenvalue weighted by atomic mass is 10.1. The Morgan fingerprint density at radius 1 is 0.800 bits per heavy atom. The molecule has 0 saturated heterocycles. The predicted molar refractivity (Wildman–Crippen MR) is 113 cm³/mol. The van der Waals surface area contributed by atoms with Gasteiger partial charge >= 0.3 is 0 Å². The van der Waals surface area contributed by atoms with Crippen LogP contribution in [0.1, 0.15) is 43.6 Å². The fourth-order valence-electron chi connectivity index (χ4n) is 3.02. The highest BCUT2D eigenvalue weighted by molar-refractivity contribution is 5.97.